The Hall–Kier alpha value is -2.29. The van der Waals surface area contributed by atoms with Gasteiger partial charge in [-0.15, -0.1) is 0 Å². The fraction of sp³-hybridized carbons (Fsp3) is 0.630. The zero-order chi connectivity index (χ0) is 25.9. The van der Waals surface area contributed by atoms with E-state index in [2.05, 4.69) is 5.18 Å². The zero-order valence-electron chi connectivity index (χ0n) is 20.3. The lowest BCUT2D eigenvalue weighted by Gasteiger charge is -2.57. The van der Waals surface area contributed by atoms with Crippen LogP contribution in [-0.2, 0) is 16.0 Å². The molecule has 0 bridgehead atoms. The summed E-state index contributed by atoms with van der Waals surface area (Å²) in [7, 11) is 0.998. The SMILES string of the molecule is COC1(C(F)(F)C(F)(F)F)CCC2C3CCC4=COCCC4=C3C(c3ccc(CN=O)cc3)C[C@@]21C. The van der Waals surface area contributed by atoms with Crippen molar-refractivity contribution in [1.82, 2.24) is 0 Å². The predicted molar refractivity (Wildman–Crippen MR) is 123 cm³/mol. The molecule has 0 N–H and O–H groups in total. The van der Waals surface area contributed by atoms with Crippen LogP contribution < -0.4 is 0 Å². The third-order valence-electron chi connectivity index (χ3n) is 9.43. The molecule has 196 valence electrons. The van der Waals surface area contributed by atoms with Gasteiger partial charge in [0.15, 0.2) is 0 Å². The number of hydrogen-bond acceptors (Lipinski definition) is 4. The first-order valence-electron chi connectivity index (χ1n) is 12.4. The van der Waals surface area contributed by atoms with Crippen LogP contribution in [0.25, 0.3) is 0 Å². The first-order chi connectivity index (χ1) is 17.0. The van der Waals surface area contributed by atoms with Crippen molar-refractivity contribution in [1.29, 1.82) is 0 Å². The normalized spacial score (nSPS) is 34.3. The lowest BCUT2D eigenvalue weighted by molar-refractivity contribution is -0.367. The predicted octanol–water partition coefficient (Wildman–Crippen LogP) is 7.45. The summed E-state index contributed by atoms with van der Waals surface area (Å²) in [6.07, 6.45) is -1.84. The molecule has 4 unspecified atom stereocenters. The number of allylic oxidation sites excluding steroid dienone is 2. The van der Waals surface area contributed by atoms with E-state index >= 15 is 8.78 Å². The third kappa shape index (κ3) is 3.41. The maximum absolute atomic E-state index is 15.3. The van der Waals surface area contributed by atoms with Crippen LogP contribution in [-0.4, -0.2) is 31.4 Å². The van der Waals surface area contributed by atoms with Crippen LogP contribution in [0.4, 0.5) is 22.0 Å². The van der Waals surface area contributed by atoms with Gasteiger partial charge in [-0.2, -0.15) is 26.9 Å². The second kappa shape index (κ2) is 8.64. The molecule has 1 aromatic carbocycles. The molecule has 0 amide bonds. The van der Waals surface area contributed by atoms with Crippen LogP contribution in [0.5, 0.6) is 0 Å². The van der Waals surface area contributed by atoms with Crippen LogP contribution in [0.2, 0.25) is 0 Å². The van der Waals surface area contributed by atoms with Gasteiger partial charge in [-0.05, 0) is 66.2 Å². The lowest BCUT2D eigenvalue weighted by Crippen LogP contribution is -2.66. The number of hydrogen-bond donors (Lipinski definition) is 0. The topological polar surface area (TPSA) is 47.9 Å². The van der Waals surface area contributed by atoms with Gasteiger partial charge in [-0.1, -0.05) is 41.9 Å². The smallest absolute Gasteiger partial charge is 0.456 e. The Morgan fingerprint density at radius 2 is 1.83 bits per heavy atom. The van der Waals surface area contributed by atoms with Gasteiger partial charge in [0.2, 0.25) is 0 Å². The molecule has 4 nitrogen and oxygen atoms in total. The fourth-order valence-electron chi connectivity index (χ4n) is 7.86. The highest BCUT2D eigenvalue weighted by Crippen LogP contribution is 2.71. The highest BCUT2D eigenvalue weighted by Gasteiger charge is 2.80. The van der Waals surface area contributed by atoms with Crippen LogP contribution in [0, 0.1) is 22.2 Å². The van der Waals surface area contributed by atoms with E-state index in [4.69, 9.17) is 9.47 Å². The molecule has 5 atom stereocenters. The molecular formula is C27H30F5NO3. The van der Waals surface area contributed by atoms with E-state index in [-0.39, 0.29) is 43.6 Å². The van der Waals surface area contributed by atoms with Gasteiger partial charge in [-0.3, -0.25) is 0 Å². The molecule has 2 saturated carbocycles. The molecule has 2 fully saturated rings. The molecule has 4 aliphatic rings. The van der Waals surface area contributed by atoms with Crippen molar-refractivity contribution in [3.8, 4) is 0 Å². The monoisotopic (exact) mass is 511 g/mol. The Bertz CT molecular complexity index is 1100. The van der Waals surface area contributed by atoms with E-state index in [0.717, 1.165) is 23.8 Å². The molecule has 0 spiro atoms. The first-order valence-corrected chi connectivity index (χ1v) is 12.4. The Kier molecular flexibility index (Phi) is 6.09. The molecule has 0 aromatic heterocycles. The highest BCUT2D eigenvalue weighted by molar-refractivity contribution is 5.48. The Morgan fingerprint density at radius 3 is 2.47 bits per heavy atom. The van der Waals surface area contributed by atoms with Crippen molar-refractivity contribution in [3.05, 3.63) is 63.3 Å². The molecule has 1 aromatic rings. The van der Waals surface area contributed by atoms with E-state index in [1.807, 2.05) is 12.1 Å². The third-order valence-corrected chi connectivity index (χ3v) is 9.43. The Balaban J connectivity index is 1.68. The van der Waals surface area contributed by atoms with Crippen molar-refractivity contribution >= 4 is 0 Å². The number of nitroso groups, excluding NO2 is 1. The number of methoxy groups -OCH3 is 1. The summed E-state index contributed by atoms with van der Waals surface area (Å²) in [4.78, 5) is 10.7. The molecule has 36 heavy (non-hydrogen) atoms. The summed E-state index contributed by atoms with van der Waals surface area (Å²) in [5, 5.41) is 2.92. The van der Waals surface area contributed by atoms with Crippen LogP contribution >= 0.6 is 0 Å². The van der Waals surface area contributed by atoms with Gasteiger partial charge in [0.25, 0.3) is 0 Å². The van der Waals surface area contributed by atoms with Gasteiger partial charge in [0.1, 0.15) is 12.1 Å². The molecular weight excluding hydrogens is 481 g/mol. The number of rotatable bonds is 5. The quantitative estimate of drug-likeness (QED) is 0.305. The average molecular weight is 512 g/mol. The maximum atomic E-state index is 15.3. The van der Waals surface area contributed by atoms with Crippen LogP contribution in [0.3, 0.4) is 0 Å². The number of nitrogens with zero attached hydrogens (tertiary/aromatic N) is 1. The van der Waals surface area contributed by atoms with Gasteiger partial charge in [0.05, 0.1) is 12.9 Å². The van der Waals surface area contributed by atoms with Gasteiger partial charge >= 0.3 is 12.1 Å². The van der Waals surface area contributed by atoms with Crippen molar-refractivity contribution in [2.75, 3.05) is 13.7 Å². The minimum absolute atomic E-state index is 0.0100. The van der Waals surface area contributed by atoms with Crippen molar-refractivity contribution < 1.29 is 31.4 Å². The number of halogens is 5. The lowest BCUT2D eigenvalue weighted by atomic mass is 9.50. The fourth-order valence-corrected chi connectivity index (χ4v) is 7.86. The molecule has 1 heterocycles. The Morgan fingerprint density at radius 1 is 1.11 bits per heavy atom. The highest BCUT2D eigenvalue weighted by atomic mass is 19.4. The largest absolute Gasteiger partial charge is 0.501 e. The molecule has 0 radical (unpaired) electrons. The minimum atomic E-state index is -5.72. The first kappa shape index (κ1) is 25.4. The zero-order valence-corrected chi connectivity index (χ0v) is 20.3. The summed E-state index contributed by atoms with van der Waals surface area (Å²) < 4.78 is 83.1. The summed E-state index contributed by atoms with van der Waals surface area (Å²) in [5.41, 5.74) is 0.924. The Labute approximate surface area is 206 Å². The number of ether oxygens (including phenoxy) is 2. The summed E-state index contributed by atoms with van der Waals surface area (Å²) in [5.74, 6) is -5.81. The second-order valence-corrected chi connectivity index (χ2v) is 10.8. The van der Waals surface area contributed by atoms with E-state index in [1.165, 1.54) is 5.57 Å². The van der Waals surface area contributed by atoms with Crippen LogP contribution in [0.1, 0.15) is 62.5 Å². The van der Waals surface area contributed by atoms with E-state index in [0.29, 0.717) is 31.4 Å². The molecule has 9 heteroatoms. The van der Waals surface area contributed by atoms with E-state index in [9.17, 15) is 18.1 Å². The van der Waals surface area contributed by atoms with E-state index < -0.39 is 23.1 Å². The maximum Gasteiger partial charge on any atom is 0.456 e. The second-order valence-electron chi connectivity index (χ2n) is 10.8. The van der Waals surface area contributed by atoms with Crippen molar-refractivity contribution in [3.63, 3.8) is 0 Å². The van der Waals surface area contributed by atoms with Crippen molar-refractivity contribution in [2.24, 2.45) is 22.4 Å². The van der Waals surface area contributed by atoms with Crippen molar-refractivity contribution in [2.45, 2.75) is 75.6 Å². The van der Waals surface area contributed by atoms with Crippen LogP contribution in [0.15, 0.2) is 52.4 Å². The van der Waals surface area contributed by atoms with E-state index in [1.54, 1.807) is 25.3 Å². The van der Waals surface area contributed by atoms with Gasteiger partial charge in [-0.25, -0.2) is 0 Å². The van der Waals surface area contributed by atoms with Gasteiger partial charge < -0.3 is 9.47 Å². The average Bonchev–Trinajstić information content (AvgIpc) is 3.16. The molecule has 3 aliphatic carbocycles. The minimum Gasteiger partial charge on any atom is -0.501 e. The summed E-state index contributed by atoms with van der Waals surface area (Å²) in [6, 6.07) is 7.25. The standard InChI is InChI=1S/C27H30F5NO3/c1-24-13-21(17-5-3-16(4-6-17)14-33-34)23-19-10-12-36-15-18(19)7-8-20(23)22(24)9-11-25(24,35-2)26(28,29)27(30,31)32/h3-6,15,20-22H,7-14H2,1-2H3/t20?,21?,22?,24-,25?/m0/s1. The molecule has 5 rings (SSSR count). The number of alkyl halides is 5. The number of benzene rings is 1. The molecule has 1 aliphatic heterocycles. The number of fused-ring (bicyclic) bond motifs is 4. The van der Waals surface area contributed by atoms with Gasteiger partial charge in [0, 0.05) is 24.9 Å². The summed E-state index contributed by atoms with van der Waals surface area (Å²) in [6.45, 7) is 2.11. The summed E-state index contributed by atoms with van der Waals surface area (Å²) >= 11 is 0. The molecule has 0 saturated heterocycles.